The van der Waals surface area contributed by atoms with Crippen LogP contribution >= 0.6 is 0 Å². The second kappa shape index (κ2) is 11.9. The minimum atomic E-state index is -2.63. The molecule has 6 nitrogen and oxygen atoms in total. The molecule has 6 rings (SSSR count). The number of piperidine rings is 1. The molecule has 2 aromatic carbocycles. The van der Waals surface area contributed by atoms with Gasteiger partial charge in [-0.25, -0.2) is 8.78 Å². The number of benzene rings is 2. The zero-order valence-electron chi connectivity index (χ0n) is 24.7. The molecule has 2 aromatic rings. The van der Waals surface area contributed by atoms with Gasteiger partial charge >= 0.3 is 0 Å². The third-order valence-corrected chi connectivity index (χ3v) is 10.5. The fourth-order valence-corrected chi connectivity index (χ4v) is 7.81. The van der Waals surface area contributed by atoms with Gasteiger partial charge in [0, 0.05) is 57.4 Å². The average Bonchev–Trinajstić information content (AvgIpc) is 3.56. The van der Waals surface area contributed by atoms with E-state index in [2.05, 4.69) is 17.0 Å². The van der Waals surface area contributed by atoms with Gasteiger partial charge in [-0.1, -0.05) is 42.5 Å². The minimum absolute atomic E-state index is 0.0556. The maximum Gasteiger partial charge on any atom is 0.248 e. The van der Waals surface area contributed by atoms with Gasteiger partial charge in [0.05, 0.1) is 12.5 Å². The van der Waals surface area contributed by atoms with Gasteiger partial charge in [-0.05, 0) is 74.4 Å². The van der Waals surface area contributed by atoms with Crippen LogP contribution in [0.5, 0.6) is 5.75 Å². The summed E-state index contributed by atoms with van der Waals surface area (Å²) >= 11 is 0. The van der Waals surface area contributed by atoms with Crippen molar-refractivity contribution in [2.75, 3.05) is 46.4 Å². The van der Waals surface area contributed by atoms with Gasteiger partial charge in [0.1, 0.15) is 5.75 Å². The first-order valence-corrected chi connectivity index (χ1v) is 15.6. The molecule has 1 aliphatic carbocycles. The molecule has 1 spiro atoms. The van der Waals surface area contributed by atoms with Crippen LogP contribution in [-0.4, -0.2) is 78.8 Å². The lowest BCUT2D eigenvalue weighted by Gasteiger charge is -2.39. The Morgan fingerprint density at radius 1 is 0.905 bits per heavy atom. The largest absolute Gasteiger partial charge is 0.497 e. The number of nitrogens with zero attached hydrogens (tertiary/aromatic N) is 3. The first-order chi connectivity index (χ1) is 20.2. The molecule has 0 unspecified atom stereocenters. The first kappa shape index (κ1) is 29.1. The van der Waals surface area contributed by atoms with E-state index in [-0.39, 0.29) is 60.7 Å². The number of rotatable bonds is 7. The van der Waals surface area contributed by atoms with E-state index < -0.39 is 5.92 Å². The van der Waals surface area contributed by atoms with Gasteiger partial charge < -0.3 is 19.4 Å². The fraction of sp³-hybridized carbons (Fsp3) is 0.588. The Kier molecular flexibility index (Phi) is 8.27. The van der Waals surface area contributed by atoms with Crippen LogP contribution < -0.4 is 4.74 Å². The lowest BCUT2D eigenvalue weighted by molar-refractivity contribution is -0.140. The molecular weight excluding hydrogens is 536 g/mol. The lowest BCUT2D eigenvalue weighted by atomic mass is 9.76. The summed E-state index contributed by atoms with van der Waals surface area (Å²) in [6, 6.07) is 18.3. The van der Waals surface area contributed by atoms with E-state index in [1.165, 1.54) is 5.56 Å². The summed E-state index contributed by atoms with van der Waals surface area (Å²) in [5.74, 6) is -1.25. The molecule has 3 saturated heterocycles. The zero-order valence-corrected chi connectivity index (χ0v) is 24.7. The van der Waals surface area contributed by atoms with Crippen LogP contribution in [0, 0.1) is 17.3 Å². The van der Waals surface area contributed by atoms with Gasteiger partial charge in [0.15, 0.2) is 0 Å². The molecule has 4 aliphatic rings. The number of amides is 2. The van der Waals surface area contributed by atoms with E-state index in [1.54, 1.807) is 7.11 Å². The Morgan fingerprint density at radius 3 is 2.24 bits per heavy atom. The fourth-order valence-electron chi connectivity index (χ4n) is 7.81. The lowest BCUT2D eigenvalue weighted by Crippen LogP contribution is -2.46. The second-order valence-electron chi connectivity index (χ2n) is 13.1. The van der Waals surface area contributed by atoms with Crippen molar-refractivity contribution in [3.05, 3.63) is 65.7 Å². The van der Waals surface area contributed by atoms with Gasteiger partial charge in [-0.2, -0.15) is 0 Å². The van der Waals surface area contributed by atoms with E-state index in [0.29, 0.717) is 19.6 Å². The van der Waals surface area contributed by atoms with E-state index in [4.69, 9.17) is 4.74 Å². The zero-order chi connectivity index (χ0) is 29.3. The number of alkyl halides is 2. The molecule has 3 aliphatic heterocycles. The summed E-state index contributed by atoms with van der Waals surface area (Å²) < 4.78 is 32.8. The highest BCUT2D eigenvalue weighted by Crippen LogP contribution is 2.44. The Bertz CT molecular complexity index is 1240. The Balaban J connectivity index is 1.07. The molecule has 226 valence electrons. The molecule has 0 bridgehead atoms. The number of methoxy groups -OCH3 is 1. The van der Waals surface area contributed by atoms with Crippen LogP contribution in [0.2, 0.25) is 0 Å². The van der Waals surface area contributed by atoms with Gasteiger partial charge in [0.25, 0.3) is 0 Å². The topological polar surface area (TPSA) is 53.1 Å². The van der Waals surface area contributed by atoms with E-state index in [0.717, 1.165) is 56.8 Å². The van der Waals surface area contributed by atoms with Crippen molar-refractivity contribution in [2.24, 2.45) is 17.3 Å². The van der Waals surface area contributed by atoms with Gasteiger partial charge in [-0.3, -0.25) is 9.59 Å². The van der Waals surface area contributed by atoms with Crippen molar-refractivity contribution in [2.45, 2.75) is 63.3 Å². The second-order valence-corrected chi connectivity index (χ2v) is 13.1. The number of halogens is 2. The first-order valence-electron chi connectivity index (χ1n) is 15.6. The number of hydrogen-bond acceptors (Lipinski definition) is 4. The Morgan fingerprint density at radius 2 is 1.57 bits per heavy atom. The number of carbonyl (C=O) groups is 2. The van der Waals surface area contributed by atoms with Crippen molar-refractivity contribution < 1.29 is 23.1 Å². The summed E-state index contributed by atoms with van der Waals surface area (Å²) in [5.41, 5.74) is 2.09. The Hall–Kier alpha value is -3.00. The Labute approximate surface area is 248 Å². The third kappa shape index (κ3) is 6.05. The van der Waals surface area contributed by atoms with Crippen LogP contribution in [0.3, 0.4) is 0 Å². The highest BCUT2D eigenvalue weighted by atomic mass is 19.3. The van der Waals surface area contributed by atoms with Crippen molar-refractivity contribution in [3.63, 3.8) is 0 Å². The molecule has 2 amide bonds. The standard InChI is InChI=1S/C34H43F2N3O3/c1-42-29-9-7-25(8-10-29)21-38-20-17-33(32(38)41)15-18-37(19-16-33)22-28-23-39(24-30(28)26-5-3-2-4-6-26)31(40)27-11-13-34(35,36)14-12-27/h2-10,27-28,30H,11-24H2,1H3/t28-,30+/m0/s1. The van der Waals surface area contributed by atoms with E-state index in [9.17, 15) is 18.4 Å². The summed E-state index contributed by atoms with van der Waals surface area (Å²) in [5, 5.41) is 0. The molecule has 42 heavy (non-hydrogen) atoms. The van der Waals surface area contributed by atoms with Crippen LogP contribution in [0.15, 0.2) is 54.6 Å². The maximum absolute atomic E-state index is 13.7. The number of likely N-dealkylation sites (tertiary alicyclic amines) is 3. The maximum atomic E-state index is 13.7. The predicted molar refractivity (Wildman–Crippen MR) is 157 cm³/mol. The van der Waals surface area contributed by atoms with E-state index >= 15 is 0 Å². The summed E-state index contributed by atoms with van der Waals surface area (Å²) in [6.45, 7) is 5.40. The molecule has 1 saturated carbocycles. The van der Waals surface area contributed by atoms with Crippen molar-refractivity contribution in [1.82, 2.24) is 14.7 Å². The smallest absolute Gasteiger partial charge is 0.248 e. The summed E-state index contributed by atoms with van der Waals surface area (Å²) in [6.07, 6.45) is 2.83. The predicted octanol–water partition coefficient (Wildman–Crippen LogP) is 5.58. The summed E-state index contributed by atoms with van der Waals surface area (Å²) in [4.78, 5) is 33.5. The van der Waals surface area contributed by atoms with Crippen LogP contribution in [0.4, 0.5) is 8.78 Å². The SMILES string of the molecule is COc1ccc(CN2CCC3(CCN(C[C@H]4CN(C(=O)C5CCC(F)(F)CC5)C[C@@H]4c4ccccc4)CC3)C2=O)cc1. The minimum Gasteiger partial charge on any atom is -0.497 e. The van der Waals surface area contributed by atoms with Crippen molar-refractivity contribution in [1.29, 1.82) is 0 Å². The number of hydrogen-bond donors (Lipinski definition) is 0. The quantitative estimate of drug-likeness (QED) is 0.430. The van der Waals surface area contributed by atoms with Crippen LogP contribution in [0.25, 0.3) is 0 Å². The van der Waals surface area contributed by atoms with Crippen molar-refractivity contribution in [3.8, 4) is 5.75 Å². The van der Waals surface area contributed by atoms with Crippen LogP contribution in [0.1, 0.15) is 62.0 Å². The molecule has 3 heterocycles. The molecule has 8 heteroatoms. The number of ether oxygens (including phenoxy) is 1. The van der Waals surface area contributed by atoms with Gasteiger partial charge in [-0.15, -0.1) is 0 Å². The van der Waals surface area contributed by atoms with Crippen molar-refractivity contribution >= 4 is 11.8 Å². The molecule has 0 aromatic heterocycles. The van der Waals surface area contributed by atoms with Gasteiger partial charge in [0.2, 0.25) is 17.7 Å². The van der Waals surface area contributed by atoms with E-state index in [1.807, 2.05) is 52.3 Å². The van der Waals surface area contributed by atoms with Crippen LogP contribution in [-0.2, 0) is 16.1 Å². The number of carbonyl (C=O) groups excluding carboxylic acids is 2. The molecule has 2 atom stereocenters. The molecule has 0 radical (unpaired) electrons. The summed E-state index contributed by atoms with van der Waals surface area (Å²) in [7, 11) is 1.66. The third-order valence-electron chi connectivity index (χ3n) is 10.5. The molecule has 4 fully saturated rings. The average molecular weight is 580 g/mol. The normalized spacial score (nSPS) is 26.2. The highest BCUT2D eigenvalue weighted by Gasteiger charge is 2.49. The molecule has 0 N–H and O–H groups in total. The highest BCUT2D eigenvalue weighted by molar-refractivity contribution is 5.85. The molecular formula is C34H43F2N3O3. The monoisotopic (exact) mass is 579 g/mol.